The van der Waals surface area contributed by atoms with E-state index >= 15 is 0 Å². The Morgan fingerprint density at radius 2 is 2.16 bits per heavy atom. The molecule has 1 aliphatic carbocycles. The first kappa shape index (κ1) is 12.2. The van der Waals surface area contributed by atoms with Crippen LogP contribution < -0.4 is 5.32 Å². The summed E-state index contributed by atoms with van der Waals surface area (Å²) in [5.74, 6) is -0.106. The fraction of sp³-hybridized carbons (Fsp3) is 0.200. The van der Waals surface area contributed by atoms with Crippen LogP contribution >= 0.6 is 11.6 Å². The highest BCUT2D eigenvalue weighted by Crippen LogP contribution is 2.30. The molecular weight excluding hydrogens is 260 g/mol. The highest BCUT2D eigenvalue weighted by Gasteiger charge is 2.23. The number of pyridine rings is 1. The summed E-state index contributed by atoms with van der Waals surface area (Å²) in [5.41, 5.74) is 3.08. The normalized spacial score (nSPS) is 17.0. The molecule has 1 aromatic heterocycles. The van der Waals surface area contributed by atoms with Gasteiger partial charge in [0.15, 0.2) is 0 Å². The highest BCUT2D eigenvalue weighted by molar-refractivity contribution is 6.29. The fourth-order valence-corrected chi connectivity index (χ4v) is 2.67. The number of carbonyl (C=O) groups is 1. The molecule has 19 heavy (non-hydrogen) atoms. The van der Waals surface area contributed by atoms with Gasteiger partial charge >= 0.3 is 0 Å². The molecule has 4 heteroatoms. The Bertz CT molecular complexity index is 627. The molecular formula is C15H13ClN2O. The van der Waals surface area contributed by atoms with Gasteiger partial charge in [-0.1, -0.05) is 35.9 Å². The van der Waals surface area contributed by atoms with Crippen LogP contribution in [-0.2, 0) is 6.42 Å². The molecule has 0 fully saturated rings. The molecule has 1 heterocycles. The van der Waals surface area contributed by atoms with Crippen LogP contribution in [0.4, 0.5) is 0 Å². The van der Waals surface area contributed by atoms with Crippen molar-refractivity contribution in [3.63, 3.8) is 0 Å². The zero-order valence-corrected chi connectivity index (χ0v) is 11.0. The SMILES string of the molecule is O=C(NC1CCc2ccccc21)c1ccnc(Cl)c1. The van der Waals surface area contributed by atoms with Crippen LogP contribution in [0.15, 0.2) is 42.6 Å². The number of benzene rings is 1. The molecule has 1 aliphatic rings. The summed E-state index contributed by atoms with van der Waals surface area (Å²) in [4.78, 5) is 16.0. The van der Waals surface area contributed by atoms with Crippen molar-refractivity contribution in [1.29, 1.82) is 0 Å². The first-order valence-corrected chi connectivity index (χ1v) is 6.62. The third-order valence-corrected chi connectivity index (χ3v) is 3.63. The number of aryl methyl sites for hydroxylation is 1. The Labute approximate surface area is 116 Å². The summed E-state index contributed by atoms with van der Waals surface area (Å²) in [6, 6.07) is 11.6. The van der Waals surface area contributed by atoms with Crippen LogP contribution in [0.3, 0.4) is 0 Å². The number of rotatable bonds is 2. The molecule has 0 saturated heterocycles. The molecule has 3 nitrogen and oxygen atoms in total. The van der Waals surface area contributed by atoms with Crippen molar-refractivity contribution in [3.8, 4) is 0 Å². The zero-order chi connectivity index (χ0) is 13.2. The Morgan fingerprint density at radius 3 is 3.00 bits per heavy atom. The van der Waals surface area contributed by atoms with Crippen molar-refractivity contribution >= 4 is 17.5 Å². The number of aromatic nitrogens is 1. The van der Waals surface area contributed by atoms with E-state index in [1.165, 1.54) is 11.1 Å². The lowest BCUT2D eigenvalue weighted by Crippen LogP contribution is -2.27. The van der Waals surface area contributed by atoms with E-state index in [1.807, 2.05) is 12.1 Å². The van der Waals surface area contributed by atoms with Gasteiger partial charge in [0.2, 0.25) is 0 Å². The number of carbonyl (C=O) groups excluding carboxylic acids is 1. The van der Waals surface area contributed by atoms with Crippen LogP contribution in [-0.4, -0.2) is 10.9 Å². The van der Waals surface area contributed by atoms with E-state index in [0.717, 1.165) is 12.8 Å². The number of hydrogen-bond acceptors (Lipinski definition) is 2. The van der Waals surface area contributed by atoms with E-state index in [1.54, 1.807) is 18.3 Å². The Kier molecular flexibility index (Phi) is 3.22. The van der Waals surface area contributed by atoms with Crippen LogP contribution in [0.1, 0.15) is 33.9 Å². The highest BCUT2D eigenvalue weighted by atomic mass is 35.5. The van der Waals surface area contributed by atoms with Gasteiger partial charge in [-0.2, -0.15) is 0 Å². The van der Waals surface area contributed by atoms with E-state index in [-0.39, 0.29) is 11.9 Å². The van der Waals surface area contributed by atoms with Crippen molar-refractivity contribution < 1.29 is 4.79 Å². The molecule has 3 rings (SSSR count). The Morgan fingerprint density at radius 1 is 1.32 bits per heavy atom. The van der Waals surface area contributed by atoms with Crippen LogP contribution in [0.5, 0.6) is 0 Å². The minimum Gasteiger partial charge on any atom is -0.345 e. The van der Waals surface area contributed by atoms with E-state index in [2.05, 4.69) is 22.4 Å². The monoisotopic (exact) mass is 272 g/mol. The third kappa shape index (κ3) is 2.47. The molecule has 1 aromatic carbocycles. The van der Waals surface area contributed by atoms with Crippen LogP contribution in [0.25, 0.3) is 0 Å². The smallest absolute Gasteiger partial charge is 0.251 e. The molecule has 0 aliphatic heterocycles. The molecule has 96 valence electrons. The van der Waals surface area contributed by atoms with Crippen molar-refractivity contribution in [3.05, 3.63) is 64.4 Å². The zero-order valence-electron chi connectivity index (χ0n) is 10.3. The van der Waals surface area contributed by atoms with E-state index in [9.17, 15) is 4.79 Å². The maximum Gasteiger partial charge on any atom is 0.251 e. The lowest BCUT2D eigenvalue weighted by atomic mass is 10.1. The summed E-state index contributed by atoms with van der Waals surface area (Å²) in [6.07, 6.45) is 3.50. The van der Waals surface area contributed by atoms with E-state index < -0.39 is 0 Å². The molecule has 1 atom stereocenters. The van der Waals surface area contributed by atoms with Crippen molar-refractivity contribution in [1.82, 2.24) is 10.3 Å². The van der Waals surface area contributed by atoms with Gasteiger partial charge in [-0.25, -0.2) is 4.98 Å². The van der Waals surface area contributed by atoms with Crippen LogP contribution in [0.2, 0.25) is 5.15 Å². The molecule has 2 aromatic rings. The first-order valence-electron chi connectivity index (χ1n) is 6.24. The number of nitrogens with one attached hydrogen (secondary N) is 1. The van der Waals surface area contributed by atoms with Gasteiger partial charge in [0.1, 0.15) is 5.15 Å². The topological polar surface area (TPSA) is 42.0 Å². The minimum absolute atomic E-state index is 0.0932. The third-order valence-electron chi connectivity index (χ3n) is 3.43. The van der Waals surface area contributed by atoms with Gasteiger partial charge in [-0.15, -0.1) is 0 Å². The van der Waals surface area contributed by atoms with E-state index in [0.29, 0.717) is 10.7 Å². The second-order valence-electron chi connectivity index (χ2n) is 4.63. The molecule has 1 unspecified atom stereocenters. The number of hydrogen-bond donors (Lipinski definition) is 1. The lowest BCUT2D eigenvalue weighted by molar-refractivity contribution is 0.0936. The molecule has 0 bridgehead atoms. The summed E-state index contributed by atoms with van der Waals surface area (Å²) in [6.45, 7) is 0. The lowest BCUT2D eigenvalue weighted by Gasteiger charge is -2.14. The maximum absolute atomic E-state index is 12.2. The summed E-state index contributed by atoms with van der Waals surface area (Å²) in [7, 11) is 0. The minimum atomic E-state index is -0.106. The van der Waals surface area contributed by atoms with Gasteiger partial charge in [-0.3, -0.25) is 4.79 Å². The largest absolute Gasteiger partial charge is 0.345 e. The van der Waals surface area contributed by atoms with Gasteiger partial charge in [0, 0.05) is 11.8 Å². The summed E-state index contributed by atoms with van der Waals surface area (Å²) in [5, 5.41) is 3.39. The molecule has 0 spiro atoms. The van der Waals surface area contributed by atoms with Crippen molar-refractivity contribution in [2.45, 2.75) is 18.9 Å². The number of fused-ring (bicyclic) bond motifs is 1. The van der Waals surface area contributed by atoms with Crippen molar-refractivity contribution in [2.24, 2.45) is 0 Å². The van der Waals surface area contributed by atoms with Crippen LogP contribution in [0, 0.1) is 0 Å². The molecule has 0 saturated carbocycles. The van der Waals surface area contributed by atoms with Gasteiger partial charge in [-0.05, 0) is 36.1 Å². The van der Waals surface area contributed by atoms with Gasteiger partial charge < -0.3 is 5.32 Å². The molecule has 1 amide bonds. The van der Waals surface area contributed by atoms with Gasteiger partial charge in [0.25, 0.3) is 5.91 Å². The number of amides is 1. The van der Waals surface area contributed by atoms with Gasteiger partial charge in [0.05, 0.1) is 6.04 Å². The second kappa shape index (κ2) is 5.02. The summed E-state index contributed by atoms with van der Waals surface area (Å²) < 4.78 is 0. The number of nitrogens with zero attached hydrogens (tertiary/aromatic N) is 1. The predicted octanol–water partition coefficient (Wildman–Crippen LogP) is 3.15. The second-order valence-corrected chi connectivity index (χ2v) is 5.02. The van der Waals surface area contributed by atoms with Crippen molar-refractivity contribution in [2.75, 3.05) is 0 Å². The standard InChI is InChI=1S/C15H13ClN2O/c16-14-9-11(7-8-17-14)15(19)18-13-6-5-10-3-1-2-4-12(10)13/h1-4,7-9,13H,5-6H2,(H,18,19). The first-order chi connectivity index (χ1) is 9.24. The van der Waals surface area contributed by atoms with E-state index in [4.69, 9.17) is 11.6 Å². The molecule has 0 radical (unpaired) electrons. The maximum atomic E-state index is 12.2. The Balaban J connectivity index is 1.78. The average Bonchev–Trinajstić information content (AvgIpc) is 2.82. The summed E-state index contributed by atoms with van der Waals surface area (Å²) >= 11 is 5.80. The molecule has 1 N–H and O–H groups in total. The fourth-order valence-electron chi connectivity index (χ4n) is 2.49. The average molecular weight is 273 g/mol. The predicted molar refractivity (Wildman–Crippen MR) is 74.2 cm³/mol. The Hall–Kier alpha value is -1.87. The number of halogens is 1. The quantitative estimate of drug-likeness (QED) is 0.854.